The van der Waals surface area contributed by atoms with Gasteiger partial charge in [-0.2, -0.15) is 5.10 Å². The average Bonchev–Trinajstić information content (AvgIpc) is 2.40. The zero-order chi connectivity index (χ0) is 11.9. The predicted octanol–water partition coefficient (Wildman–Crippen LogP) is 1.33. The molecule has 0 atom stereocenters. The molecule has 0 fully saturated rings. The lowest BCUT2D eigenvalue weighted by Crippen LogP contribution is -1.99. The molecule has 0 amide bonds. The van der Waals surface area contributed by atoms with Gasteiger partial charge in [-0.15, -0.1) is 0 Å². The third-order valence-electron chi connectivity index (χ3n) is 1.91. The molecule has 0 radical (unpaired) electrons. The van der Waals surface area contributed by atoms with Gasteiger partial charge in [0.25, 0.3) is 5.88 Å². The Kier molecular flexibility index (Phi) is 3.59. The quantitative estimate of drug-likeness (QED) is 0.632. The van der Waals surface area contributed by atoms with E-state index < -0.39 is 0 Å². The van der Waals surface area contributed by atoms with E-state index in [0.717, 1.165) is 5.69 Å². The minimum absolute atomic E-state index is 0.394. The Morgan fingerprint density at radius 2 is 2.06 bits per heavy atom. The molecule has 6 heteroatoms. The average molecular weight is 229 g/mol. The lowest BCUT2D eigenvalue weighted by Gasteiger charge is -2.03. The van der Waals surface area contributed by atoms with Crippen molar-refractivity contribution in [3.8, 4) is 5.88 Å². The number of ether oxygens (including phenoxy) is 1. The van der Waals surface area contributed by atoms with Gasteiger partial charge in [-0.1, -0.05) is 6.07 Å². The van der Waals surface area contributed by atoms with E-state index in [4.69, 9.17) is 4.74 Å². The van der Waals surface area contributed by atoms with Crippen LogP contribution in [-0.4, -0.2) is 28.3 Å². The van der Waals surface area contributed by atoms with Gasteiger partial charge in [0, 0.05) is 18.6 Å². The summed E-state index contributed by atoms with van der Waals surface area (Å²) in [6, 6.07) is 5.58. The first kappa shape index (κ1) is 11.0. The van der Waals surface area contributed by atoms with Crippen molar-refractivity contribution < 1.29 is 4.74 Å². The molecular weight excluding hydrogens is 218 g/mol. The molecule has 0 aliphatic rings. The number of hydrogen-bond acceptors (Lipinski definition) is 6. The number of hydrogen-bond donors (Lipinski definition) is 1. The summed E-state index contributed by atoms with van der Waals surface area (Å²) in [6.45, 7) is 0. The Morgan fingerprint density at radius 1 is 1.18 bits per heavy atom. The molecule has 0 aliphatic heterocycles. The SMILES string of the molecule is COc1nccnc1N/N=C/c1ccccn1. The second kappa shape index (κ2) is 5.55. The van der Waals surface area contributed by atoms with Gasteiger partial charge in [0.05, 0.1) is 19.0 Å². The normalized spacial score (nSPS) is 10.4. The van der Waals surface area contributed by atoms with E-state index in [1.807, 2.05) is 18.2 Å². The molecule has 0 bridgehead atoms. The smallest absolute Gasteiger partial charge is 0.258 e. The van der Waals surface area contributed by atoms with Crippen LogP contribution in [0.2, 0.25) is 0 Å². The monoisotopic (exact) mass is 229 g/mol. The fraction of sp³-hybridized carbons (Fsp3) is 0.0909. The van der Waals surface area contributed by atoms with E-state index in [2.05, 4.69) is 25.5 Å². The van der Waals surface area contributed by atoms with Crippen molar-refractivity contribution in [3.05, 3.63) is 42.5 Å². The highest BCUT2D eigenvalue weighted by atomic mass is 16.5. The minimum Gasteiger partial charge on any atom is -0.478 e. The molecule has 0 aromatic carbocycles. The van der Waals surface area contributed by atoms with Crippen LogP contribution in [0.15, 0.2) is 41.9 Å². The number of rotatable bonds is 4. The Hall–Kier alpha value is -2.50. The number of anilines is 1. The van der Waals surface area contributed by atoms with Crippen LogP contribution in [0.4, 0.5) is 5.82 Å². The van der Waals surface area contributed by atoms with Crippen molar-refractivity contribution in [2.45, 2.75) is 0 Å². The molecule has 2 rings (SSSR count). The van der Waals surface area contributed by atoms with Crippen LogP contribution in [0.25, 0.3) is 0 Å². The summed E-state index contributed by atoms with van der Waals surface area (Å²) >= 11 is 0. The third-order valence-corrected chi connectivity index (χ3v) is 1.91. The number of aromatic nitrogens is 3. The molecular formula is C11H11N5O. The fourth-order valence-corrected chi connectivity index (χ4v) is 1.16. The maximum absolute atomic E-state index is 5.02. The van der Waals surface area contributed by atoms with Crippen LogP contribution in [-0.2, 0) is 0 Å². The molecule has 0 aliphatic carbocycles. The fourth-order valence-electron chi connectivity index (χ4n) is 1.16. The van der Waals surface area contributed by atoms with Crippen LogP contribution in [0.5, 0.6) is 5.88 Å². The van der Waals surface area contributed by atoms with E-state index in [9.17, 15) is 0 Å². The topological polar surface area (TPSA) is 72.3 Å². The standard InChI is InChI=1S/C11H11N5O/c1-17-11-10(13-6-7-14-11)16-15-8-9-4-2-3-5-12-9/h2-8H,1H3,(H,13,16)/b15-8+. The van der Waals surface area contributed by atoms with Gasteiger partial charge in [0.1, 0.15) is 0 Å². The first-order chi connectivity index (χ1) is 8.40. The molecule has 0 spiro atoms. The van der Waals surface area contributed by atoms with Crippen molar-refractivity contribution >= 4 is 12.0 Å². The second-order valence-corrected chi connectivity index (χ2v) is 3.04. The Morgan fingerprint density at radius 3 is 2.82 bits per heavy atom. The lowest BCUT2D eigenvalue weighted by atomic mass is 10.4. The number of pyridine rings is 1. The third kappa shape index (κ3) is 2.97. The second-order valence-electron chi connectivity index (χ2n) is 3.04. The van der Waals surface area contributed by atoms with E-state index in [1.54, 1.807) is 24.8 Å². The number of nitrogens with one attached hydrogen (secondary N) is 1. The van der Waals surface area contributed by atoms with E-state index in [-0.39, 0.29) is 0 Å². The van der Waals surface area contributed by atoms with E-state index in [1.165, 1.54) is 7.11 Å². The number of nitrogens with zero attached hydrogens (tertiary/aromatic N) is 4. The zero-order valence-corrected chi connectivity index (χ0v) is 9.24. The number of hydrazone groups is 1. The van der Waals surface area contributed by atoms with Crippen LogP contribution < -0.4 is 10.2 Å². The Labute approximate surface area is 98.4 Å². The largest absolute Gasteiger partial charge is 0.478 e. The van der Waals surface area contributed by atoms with Crippen molar-refractivity contribution in [2.24, 2.45) is 5.10 Å². The summed E-state index contributed by atoms with van der Waals surface area (Å²) in [5.41, 5.74) is 3.50. The predicted molar refractivity (Wildman–Crippen MR) is 64.0 cm³/mol. The minimum atomic E-state index is 0.394. The first-order valence-corrected chi connectivity index (χ1v) is 4.95. The summed E-state index contributed by atoms with van der Waals surface area (Å²) in [5, 5.41) is 4.00. The van der Waals surface area contributed by atoms with Crippen molar-refractivity contribution in [2.75, 3.05) is 12.5 Å². The summed E-state index contributed by atoms with van der Waals surface area (Å²) in [5.74, 6) is 0.854. The van der Waals surface area contributed by atoms with Gasteiger partial charge in [-0.05, 0) is 12.1 Å². The van der Waals surface area contributed by atoms with Crippen LogP contribution >= 0.6 is 0 Å². The molecule has 2 aromatic rings. The van der Waals surface area contributed by atoms with Crippen LogP contribution in [0.1, 0.15) is 5.69 Å². The van der Waals surface area contributed by atoms with Crippen LogP contribution in [0, 0.1) is 0 Å². The van der Waals surface area contributed by atoms with Gasteiger partial charge in [-0.3, -0.25) is 10.4 Å². The molecule has 1 N–H and O–H groups in total. The molecule has 17 heavy (non-hydrogen) atoms. The summed E-state index contributed by atoms with van der Waals surface area (Å²) in [7, 11) is 1.53. The van der Waals surface area contributed by atoms with Gasteiger partial charge in [-0.25, -0.2) is 9.97 Å². The van der Waals surface area contributed by atoms with Gasteiger partial charge >= 0.3 is 0 Å². The van der Waals surface area contributed by atoms with Gasteiger partial charge in [0.2, 0.25) is 5.82 Å². The summed E-state index contributed by atoms with van der Waals surface area (Å²) in [4.78, 5) is 12.1. The maximum Gasteiger partial charge on any atom is 0.258 e. The van der Waals surface area contributed by atoms with Crippen LogP contribution in [0.3, 0.4) is 0 Å². The van der Waals surface area contributed by atoms with Crippen molar-refractivity contribution in [1.82, 2.24) is 15.0 Å². The summed E-state index contributed by atoms with van der Waals surface area (Å²) < 4.78 is 5.02. The van der Waals surface area contributed by atoms with Crippen molar-refractivity contribution in [3.63, 3.8) is 0 Å². The first-order valence-electron chi connectivity index (χ1n) is 4.95. The lowest BCUT2D eigenvalue weighted by molar-refractivity contribution is 0.398. The Balaban J connectivity index is 2.05. The van der Waals surface area contributed by atoms with Crippen molar-refractivity contribution in [1.29, 1.82) is 0 Å². The molecule has 2 heterocycles. The Bertz CT molecular complexity index is 500. The molecule has 0 saturated carbocycles. The highest BCUT2D eigenvalue weighted by Crippen LogP contribution is 2.15. The molecule has 0 unspecified atom stereocenters. The van der Waals surface area contributed by atoms with Gasteiger partial charge < -0.3 is 4.74 Å². The molecule has 0 saturated heterocycles. The zero-order valence-electron chi connectivity index (χ0n) is 9.24. The molecule has 2 aromatic heterocycles. The molecule has 6 nitrogen and oxygen atoms in total. The van der Waals surface area contributed by atoms with E-state index >= 15 is 0 Å². The molecule has 86 valence electrons. The maximum atomic E-state index is 5.02. The highest BCUT2D eigenvalue weighted by molar-refractivity contribution is 5.77. The van der Waals surface area contributed by atoms with E-state index in [0.29, 0.717) is 11.7 Å². The number of methoxy groups -OCH3 is 1. The van der Waals surface area contributed by atoms with Gasteiger partial charge in [0.15, 0.2) is 0 Å². The summed E-state index contributed by atoms with van der Waals surface area (Å²) in [6.07, 6.45) is 6.39. The highest BCUT2D eigenvalue weighted by Gasteiger charge is 2.01.